The molecule has 1 aliphatic rings. The molecule has 28 heavy (non-hydrogen) atoms. The Bertz CT molecular complexity index is 540. The fourth-order valence-electron chi connectivity index (χ4n) is 3.25. The summed E-state index contributed by atoms with van der Waals surface area (Å²) in [5.74, 6) is -0.0612. The third-order valence-corrected chi connectivity index (χ3v) is 4.87. The minimum absolute atomic E-state index is 0.000655. The fraction of sp³-hybridized carbons (Fsp3) is 0.857. The lowest BCUT2D eigenvalue weighted by Crippen LogP contribution is -2.50. The zero-order chi connectivity index (χ0) is 21.5. The van der Waals surface area contributed by atoms with Crippen LogP contribution in [0, 0.1) is 17.8 Å². The molecule has 162 valence electrons. The van der Waals surface area contributed by atoms with E-state index in [9.17, 15) is 14.4 Å². The number of rotatable bonds is 6. The van der Waals surface area contributed by atoms with Crippen molar-refractivity contribution in [2.45, 2.75) is 85.8 Å². The molecule has 0 aliphatic carbocycles. The van der Waals surface area contributed by atoms with Crippen LogP contribution >= 0.6 is 0 Å². The predicted octanol–water partition coefficient (Wildman–Crippen LogP) is 4.77. The van der Waals surface area contributed by atoms with E-state index in [0.717, 1.165) is 6.42 Å². The van der Waals surface area contributed by atoms with Crippen molar-refractivity contribution in [1.82, 2.24) is 4.90 Å². The van der Waals surface area contributed by atoms with E-state index in [1.165, 1.54) is 0 Å². The summed E-state index contributed by atoms with van der Waals surface area (Å²) in [5, 5.41) is 0. The van der Waals surface area contributed by atoms with Crippen LogP contribution in [0.3, 0.4) is 0 Å². The Morgan fingerprint density at radius 1 is 1.14 bits per heavy atom. The number of ether oxygens (including phenoxy) is 3. The summed E-state index contributed by atoms with van der Waals surface area (Å²) >= 11 is 0. The average molecular weight is 400 g/mol. The number of likely N-dealkylation sites (tertiary alicyclic amines) is 1. The maximum atomic E-state index is 12.6. The van der Waals surface area contributed by atoms with E-state index in [1.54, 1.807) is 4.90 Å². The molecule has 3 unspecified atom stereocenters. The van der Waals surface area contributed by atoms with Gasteiger partial charge in [-0.1, -0.05) is 34.1 Å². The summed E-state index contributed by atoms with van der Waals surface area (Å²) in [6.07, 6.45) is 1.17. The highest BCUT2D eigenvalue weighted by Crippen LogP contribution is 2.32. The van der Waals surface area contributed by atoms with Crippen LogP contribution in [0.1, 0.15) is 74.1 Å². The first-order valence-corrected chi connectivity index (χ1v) is 10.3. The van der Waals surface area contributed by atoms with Crippen molar-refractivity contribution in [2.75, 3.05) is 13.2 Å². The quantitative estimate of drug-likeness (QED) is 0.472. The highest BCUT2D eigenvalue weighted by molar-refractivity contribution is 5.81. The van der Waals surface area contributed by atoms with Crippen molar-refractivity contribution in [3.63, 3.8) is 0 Å². The van der Waals surface area contributed by atoms with E-state index in [2.05, 4.69) is 13.8 Å². The second-order valence-corrected chi connectivity index (χ2v) is 9.15. The van der Waals surface area contributed by atoms with Crippen LogP contribution in [0.5, 0.6) is 0 Å². The first-order valence-electron chi connectivity index (χ1n) is 10.3. The normalized spacial score (nSPS) is 21.2. The third-order valence-electron chi connectivity index (χ3n) is 4.87. The molecule has 1 saturated heterocycles. The van der Waals surface area contributed by atoms with Gasteiger partial charge >= 0.3 is 18.2 Å². The standard InChI is InChI=1S/C21H37NO6/c1-8-15(4)17-11-16(9-10-22(17)19(24)28-21(5,6)7)12-18(23)27-20(25)26-13-14(2)3/h14-17H,8-13H2,1-7H3. The summed E-state index contributed by atoms with van der Waals surface area (Å²) in [7, 11) is 0. The largest absolute Gasteiger partial charge is 0.516 e. The molecule has 0 N–H and O–H groups in total. The van der Waals surface area contributed by atoms with E-state index in [-0.39, 0.29) is 42.9 Å². The molecule has 3 atom stereocenters. The van der Waals surface area contributed by atoms with Gasteiger partial charge in [0.05, 0.1) is 6.61 Å². The van der Waals surface area contributed by atoms with Crippen LogP contribution in [-0.4, -0.2) is 47.9 Å². The van der Waals surface area contributed by atoms with Crippen molar-refractivity contribution in [1.29, 1.82) is 0 Å². The van der Waals surface area contributed by atoms with Crippen LogP contribution in [0.15, 0.2) is 0 Å². The minimum Gasteiger partial charge on any atom is -0.444 e. The highest BCUT2D eigenvalue weighted by atomic mass is 16.7. The molecule has 0 aromatic carbocycles. The lowest BCUT2D eigenvalue weighted by atomic mass is 9.82. The van der Waals surface area contributed by atoms with Gasteiger partial charge in [-0.3, -0.25) is 4.79 Å². The van der Waals surface area contributed by atoms with E-state index in [4.69, 9.17) is 14.2 Å². The Balaban J connectivity index is 2.65. The van der Waals surface area contributed by atoms with Crippen LogP contribution < -0.4 is 0 Å². The number of carbonyl (C=O) groups excluding carboxylic acids is 3. The van der Waals surface area contributed by atoms with Gasteiger partial charge in [-0.05, 0) is 51.4 Å². The number of hydrogen-bond acceptors (Lipinski definition) is 6. The number of amides is 1. The molecule has 1 fully saturated rings. The SMILES string of the molecule is CCC(C)C1CC(CC(=O)OC(=O)OCC(C)C)CCN1C(=O)OC(C)(C)C. The van der Waals surface area contributed by atoms with Gasteiger partial charge in [0.25, 0.3) is 0 Å². The minimum atomic E-state index is -0.941. The molecule has 7 nitrogen and oxygen atoms in total. The maximum absolute atomic E-state index is 12.6. The Morgan fingerprint density at radius 2 is 1.79 bits per heavy atom. The summed E-state index contributed by atoms with van der Waals surface area (Å²) < 4.78 is 15.2. The molecule has 0 spiro atoms. The van der Waals surface area contributed by atoms with Gasteiger partial charge in [0.2, 0.25) is 0 Å². The van der Waals surface area contributed by atoms with Gasteiger partial charge in [-0.15, -0.1) is 0 Å². The monoisotopic (exact) mass is 399 g/mol. The van der Waals surface area contributed by atoms with Crippen LogP contribution in [0.25, 0.3) is 0 Å². The summed E-state index contributed by atoms with van der Waals surface area (Å²) in [6.45, 7) is 14.3. The van der Waals surface area contributed by atoms with Crippen molar-refractivity contribution in [3.05, 3.63) is 0 Å². The first kappa shape index (κ1) is 24.2. The van der Waals surface area contributed by atoms with Crippen molar-refractivity contribution < 1.29 is 28.6 Å². The maximum Gasteiger partial charge on any atom is 0.516 e. The molecule has 0 saturated carbocycles. The van der Waals surface area contributed by atoms with Crippen molar-refractivity contribution in [3.8, 4) is 0 Å². The Hall–Kier alpha value is -1.79. The van der Waals surface area contributed by atoms with E-state index < -0.39 is 17.7 Å². The fourth-order valence-corrected chi connectivity index (χ4v) is 3.25. The van der Waals surface area contributed by atoms with Crippen molar-refractivity contribution in [2.24, 2.45) is 17.8 Å². The Labute approximate surface area is 169 Å². The molecule has 0 aromatic heterocycles. The van der Waals surface area contributed by atoms with E-state index in [0.29, 0.717) is 19.4 Å². The van der Waals surface area contributed by atoms with E-state index in [1.807, 2.05) is 34.6 Å². The second-order valence-electron chi connectivity index (χ2n) is 9.15. The smallest absolute Gasteiger partial charge is 0.444 e. The number of carbonyl (C=O) groups is 3. The lowest BCUT2D eigenvalue weighted by molar-refractivity contribution is -0.141. The average Bonchev–Trinajstić information content (AvgIpc) is 2.57. The third kappa shape index (κ3) is 8.48. The first-order chi connectivity index (χ1) is 12.9. The molecular formula is C21H37NO6. The number of hydrogen-bond donors (Lipinski definition) is 0. The molecular weight excluding hydrogens is 362 g/mol. The van der Waals surface area contributed by atoms with Crippen LogP contribution in [0.4, 0.5) is 9.59 Å². The number of piperidine rings is 1. The molecule has 1 heterocycles. The molecule has 1 amide bonds. The summed E-state index contributed by atoms with van der Waals surface area (Å²) in [4.78, 5) is 38.0. The second kappa shape index (κ2) is 10.7. The molecule has 0 aromatic rings. The Kier molecular flexibility index (Phi) is 9.24. The van der Waals surface area contributed by atoms with Gasteiger partial charge in [0.15, 0.2) is 0 Å². The lowest BCUT2D eigenvalue weighted by Gasteiger charge is -2.42. The van der Waals surface area contributed by atoms with Crippen LogP contribution in [0.2, 0.25) is 0 Å². The van der Waals surface area contributed by atoms with E-state index >= 15 is 0 Å². The van der Waals surface area contributed by atoms with Gasteiger partial charge < -0.3 is 19.1 Å². The number of nitrogens with zero attached hydrogens (tertiary/aromatic N) is 1. The predicted molar refractivity (Wildman–Crippen MR) is 106 cm³/mol. The van der Waals surface area contributed by atoms with Crippen LogP contribution in [-0.2, 0) is 19.0 Å². The highest BCUT2D eigenvalue weighted by Gasteiger charge is 2.37. The van der Waals surface area contributed by atoms with Gasteiger partial charge in [0, 0.05) is 19.0 Å². The zero-order valence-corrected chi connectivity index (χ0v) is 18.4. The molecule has 0 bridgehead atoms. The van der Waals surface area contributed by atoms with Gasteiger partial charge in [-0.25, -0.2) is 9.59 Å². The van der Waals surface area contributed by atoms with Gasteiger partial charge in [-0.2, -0.15) is 0 Å². The molecule has 1 rings (SSSR count). The van der Waals surface area contributed by atoms with Gasteiger partial charge in [0.1, 0.15) is 5.60 Å². The summed E-state index contributed by atoms with van der Waals surface area (Å²) in [5.41, 5.74) is -0.548. The number of esters is 1. The molecule has 1 aliphatic heterocycles. The van der Waals surface area contributed by atoms with Crippen molar-refractivity contribution >= 4 is 18.2 Å². The molecule has 0 radical (unpaired) electrons. The Morgan fingerprint density at radius 3 is 2.32 bits per heavy atom. The molecule has 7 heteroatoms. The summed E-state index contributed by atoms with van der Waals surface area (Å²) in [6, 6.07) is -0.000655. The topological polar surface area (TPSA) is 82.1 Å². The zero-order valence-electron chi connectivity index (χ0n) is 18.4.